The Morgan fingerprint density at radius 1 is 1.26 bits per heavy atom. The van der Waals surface area contributed by atoms with Gasteiger partial charge in [-0.1, -0.05) is 23.8 Å². The smallest absolute Gasteiger partial charge is 0.244 e. The molecule has 1 aliphatic heterocycles. The Labute approximate surface area is 164 Å². The zero-order chi connectivity index (χ0) is 19.4. The third-order valence-electron chi connectivity index (χ3n) is 4.63. The molecule has 1 amide bonds. The van der Waals surface area contributed by atoms with Gasteiger partial charge in [0, 0.05) is 18.0 Å². The van der Waals surface area contributed by atoms with Gasteiger partial charge in [0.15, 0.2) is 0 Å². The van der Waals surface area contributed by atoms with Crippen LogP contribution in [0.3, 0.4) is 0 Å². The highest BCUT2D eigenvalue weighted by Gasteiger charge is 2.33. The van der Waals surface area contributed by atoms with Crippen LogP contribution in [-0.4, -0.2) is 37.4 Å². The molecule has 2 aromatic rings. The van der Waals surface area contributed by atoms with E-state index >= 15 is 0 Å². The van der Waals surface area contributed by atoms with Crippen molar-refractivity contribution < 1.29 is 13.2 Å². The van der Waals surface area contributed by atoms with Crippen LogP contribution in [0.25, 0.3) is 0 Å². The number of sulfonamides is 1. The van der Waals surface area contributed by atoms with Crippen LogP contribution in [0.2, 0.25) is 0 Å². The van der Waals surface area contributed by atoms with Gasteiger partial charge < -0.3 is 0 Å². The van der Waals surface area contributed by atoms with Gasteiger partial charge >= 0.3 is 0 Å². The summed E-state index contributed by atoms with van der Waals surface area (Å²) in [4.78, 5) is 13.7. The first-order valence-corrected chi connectivity index (χ1v) is 11.1. The molecular weight excluding hydrogens is 382 g/mol. The lowest BCUT2D eigenvalue weighted by Crippen LogP contribution is -2.44. The Kier molecular flexibility index (Phi) is 6.08. The summed E-state index contributed by atoms with van der Waals surface area (Å²) in [5.74, 6) is -0.645. The number of aryl methyl sites for hydroxylation is 1. The Bertz CT molecular complexity index is 920. The molecule has 144 valence electrons. The number of benzene rings is 1. The van der Waals surface area contributed by atoms with E-state index in [-0.39, 0.29) is 17.3 Å². The maximum absolute atomic E-state index is 12.9. The summed E-state index contributed by atoms with van der Waals surface area (Å²) in [7, 11) is -3.59. The molecule has 2 heterocycles. The second kappa shape index (κ2) is 8.33. The average molecular weight is 406 g/mol. The Morgan fingerprint density at radius 2 is 2.00 bits per heavy atom. The molecule has 1 saturated heterocycles. The Hall–Kier alpha value is -2.03. The highest BCUT2D eigenvalue weighted by Crippen LogP contribution is 2.24. The summed E-state index contributed by atoms with van der Waals surface area (Å²) in [5, 5.41) is 6.11. The minimum absolute atomic E-state index is 0.176. The number of nitrogens with one attached hydrogen (secondary N) is 1. The van der Waals surface area contributed by atoms with Crippen LogP contribution in [0.4, 0.5) is 0 Å². The van der Waals surface area contributed by atoms with Crippen molar-refractivity contribution in [1.82, 2.24) is 9.73 Å². The number of carbonyl (C=O) groups excluding carboxylic acids is 1. The summed E-state index contributed by atoms with van der Waals surface area (Å²) in [6.45, 7) is 4.35. The topological polar surface area (TPSA) is 78.8 Å². The molecule has 27 heavy (non-hydrogen) atoms. The van der Waals surface area contributed by atoms with Crippen molar-refractivity contribution in [3.8, 4) is 0 Å². The minimum Gasteiger partial charge on any atom is -0.273 e. The maximum atomic E-state index is 12.9. The largest absolute Gasteiger partial charge is 0.273 e. The van der Waals surface area contributed by atoms with Crippen molar-refractivity contribution in [2.24, 2.45) is 11.0 Å². The van der Waals surface area contributed by atoms with Crippen LogP contribution < -0.4 is 5.43 Å². The molecule has 3 rings (SSSR count). The van der Waals surface area contributed by atoms with E-state index in [4.69, 9.17) is 0 Å². The minimum atomic E-state index is -3.59. The summed E-state index contributed by atoms with van der Waals surface area (Å²) in [6.07, 6.45) is 1.30. The lowest BCUT2D eigenvalue weighted by Gasteiger charge is -2.30. The predicted octanol–water partition coefficient (Wildman–Crippen LogP) is 3.00. The van der Waals surface area contributed by atoms with Gasteiger partial charge in [-0.05, 0) is 50.3 Å². The van der Waals surface area contributed by atoms with Crippen LogP contribution >= 0.6 is 11.3 Å². The number of carbonyl (C=O) groups is 1. The second-order valence-electron chi connectivity index (χ2n) is 6.67. The molecule has 0 bridgehead atoms. The van der Waals surface area contributed by atoms with E-state index in [0.717, 1.165) is 16.2 Å². The molecule has 0 unspecified atom stereocenters. The summed E-state index contributed by atoms with van der Waals surface area (Å²) in [5.41, 5.74) is 4.33. The van der Waals surface area contributed by atoms with Gasteiger partial charge in [0.05, 0.1) is 16.5 Å². The zero-order valence-electron chi connectivity index (χ0n) is 15.4. The molecule has 1 aromatic carbocycles. The molecular formula is C19H23N3O3S2. The number of nitrogens with zero attached hydrogens (tertiary/aromatic N) is 2. The van der Waals surface area contributed by atoms with Gasteiger partial charge in [0.25, 0.3) is 0 Å². The average Bonchev–Trinajstić information content (AvgIpc) is 3.21. The third-order valence-corrected chi connectivity index (χ3v) is 7.48. The van der Waals surface area contributed by atoms with E-state index in [1.807, 2.05) is 31.4 Å². The van der Waals surface area contributed by atoms with Crippen LogP contribution in [0, 0.1) is 12.8 Å². The van der Waals surface area contributed by atoms with Gasteiger partial charge in [0.2, 0.25) is 15.9 Å². The highest BCUT2D eigenvalue weighted by molar-refractivity contribution is 7.89. The van der Waals surface area contributed by atoms with E-state index in [9.17, 15) is 13.2 Å². The summed E-state index contributed by atoms with van der Waals surface area (Å²) >= 11 is 1.55. The van der Waals surface area contributed by atoms with Crippen LogP contribution in [0.15, 0.2) is 51.8 Å². The summed E-state index contributed by atoms with van der Waals surface area (Å²) < 4.78 is 27.1. The number of amides is 1. The zero-order valence-corrected chi connectivity index (χ0v) is 17.0. The fraction of sp³-hybridized carbons (Fsp3) is 0.368. The third kappa shape index (κ3) is 4.63. The van der Waals surface area contributed by atoms with E-state index in [2.05, 4.69) is 10.5 Å². The quantitative estimate of drug-likeness (QED) is 0.613. The van der Waals surface area contributed by atoms with Crippen molar-refractivity contribution in [3.63, 3.8) is 0 Å². The molecule has 0 saturated carbocycles. The number of thiophene rings is 1. The van der Waals surface area contributed by atoms with Gasteiger partial charge in [0.1, 0.15) is 0 Å². The molecule has 0 radical (unpaired) electrons. The van der Waals surface area contributed by atoms with Crippen molar-refractivity contribution in [1.29, 1.82) is 0 Å². The molecule has 0 aliphatic carbocycles. The molecule has 8 heteroatoms. The highest BCUT2D eigenvalue weighted by atomic mass is 32.2. The first kappa shape index (κ1) is 19.7. The van der Waals surface area contributed by atoms with E-state index in [1.165, 1.54) is 4.31 Å². The van der Waals surface area contributed by atoms with Gasteiger partial charge in [-0.25, -0.2) is 13.8 Å². The van der Waals surface area contributed by atoms with Gasteiger partial charge in [-0.3, -0.25) is 4.79 Å². The first-order chi connectivity index (χ1) is 12.9. The van der Waals surface area contributed by atoms with Crippen LogP contribution in [0.5, 0.6) is 0 Å². The Balaban J connectivity index is 1.67. The van der Waals surface area contributed by atoms with Crippen LogP contribution in [0.1, 0.15) is 30.2 Å². The number of rotatable bonds is 5. The Morgan fingerprint density at radius 3 is 2.67 bits per heavy atom. The fourth-order valence-electron chi connectivity index (χ4n) is 3.00. The molecule has 1 aliphatic rings. The van der Waals surface area contributed by atoms with Crippen molar-refractivity contribution in [3.05, 3.63) is 52.2 Å². The summed E-state index contributed by atoms with van der Waals surface area (Å²) in [6, 6.07) is 10.7. The SMILES string of the molecule is C/C(=N/NC(=O)[C@@H]1CCCN(S(=O)(=O)c2ccc(C)cc2)C1)c1cccs1. The number of hydrogen-bond donors (Lipinski definition) is 1. The van der Waals surface area contributed by atoms with Crippen molar-refractivity contribution in [2.45, 2.75) is 31.6 Å². The van der Waals surface area contributed by atoms with Crippen molar-refractivity contribution in [2.75, 3.05) is 13.1 Å². The van der Waals surface area contributed by atoms with Gasteiger partial charge in [-0.15, -0.1) is 11.3 Å². The molecule has 1 fully saturated rings. The van der Waals surface area contributed by atoms with Crippen LogP contribution in [-0.2, 0) is 14.8 Å². The van der Waals surface area contributed by atoms with E-state index < -0.39 is 15.9 Å². The standard InChI is InChI=1S/C19H23N3O3S2/c1-14-7-9-17(10-8-14)27(24,25)22-11-3-5-16(13-22)19(23)21-20-15(2)18-6-4-12-26-18/h4,6-10,12,16H,3,5,11,13H2,1-2H3,(H,21,23)/b20-15-/t16-/m1/s1. The van der Waals surface area contributed by atoms with Crippen molar-refractivity contribution >= 4 is 33.0 Å². The molecule has 1 N–H and O–H groups in total. The normalized spacial score (nSPS) is 19.0. The van der Waals surface area contributed by atoms with Gasteiger partial charge in [-0.2, -0.15) is 9.41 Å². The monoisotopic (exact) mass is 405 g/mol. The van der Waals surface area contributed by atoms with E-state index in [0.29, 0.717) is 19.4 Å². The number of hydrazone groups is 1. The molecule has 0 spiro atoms. The molecule has 6 nitrogen and oxygen atoms in total. The predicted molar refractivity (Wildman–Crippen MR) is 107 cm³/mol. The number of piperidine rings is 1. The fourth-order valence-corrected chi connectivity index (χ4v) is 5.20. The second-order valence-corrected chi connectivity index (χ2v) is 9.55. The first-order valence-electron chi connectivity index (χ1n) is 8.83. The number of hydrogen-bond acceptors (Lipinski definition) is 5. The lowest BCUT2D eigenvalue weighted by molar-refractivity contribution is -0.126. The molecule has 1 atom stereocenters. The maximum Gasteiger partial charge on any atom is 0.244 e. The molecule has 1 aromatic heterocycles. The lowest BCUT2D eigenvalue weighted by atomic mass is 9.99. The van der Waals surface area contributed by atoms with E-state index in [1.54, 1.807) is 35.6 Å².